The Morgan fingerprint density at radius 3 is 2.65 bits per heavy atom. The number of aromatic nitrogens is 1. The van der Waals surface area contributed by atoms with Crippen molar-refractivity contribution in [1.82, 2.24) is 10.3 Å². The third-order valence-corrected chi connectivity index (χ3v) is 3.93. The van der Waals surface area contributed by atoms with Gasteiger partial charge in [0.15, 0.2) is 0 Å². The molecule has 0 aliphatic heterocycles. The van der Waals surface area contributed by atoms with E-state index in [-0.39, 0.29) is 5.91 Å². The van der Waals surface area contributed by atoms with E-state index >= 15 is 0 Å². The molecule has 2 rings (SSSR count). The van der Waals surface area contributed by atoms with Crippen LogP contribution in [-0.4, -0.2) is 23.5 Å². The van der Waals surface area contributed by atoms with Gasteiger partial charge in [0.1, 0.15) is 5.82 Å². The van der Waals surface area contributed by atoms with Crippen LogP contribution in [0.5, 0.6) is 0 Å². The summed E-state index contributed by atoms with van der Waals surface area (Å²) >= 11 is 0. The van der Waals surface area contributed by atoms with E-state index in [0.29, 0.717) is 11.6 Å². The molecule has 1 aromatic heterocycles. The summed E-state index contributed by atoms with van der Waals surface area (Å²) in [5.41, 5.74) is 0.644. The lowest BCUT2D eigenvalue weighted by Gasteiger charge is -2.26. The molecule has 0 saturated heterocycles. The van der Waals surface area contributed by atoms with Crippen LogP contribution >= 0.6 is 0 Å². The Morgan fingerprint density at radius 1 is 1.30 bits per heavy atom. The fourth-order valence-corrected chi connectivity index (χ4v) is 2.56. The maximum absolute atomic E-state index is 12.1. The average molecular weight is 275 g/mol. The molecule has 0 atom stereocenters. The van der Waals surface area contributed by atoms with Crippen molar-refractivity contribution in [2.24, 2.45) is 5.92 Å². The van der Waals surface area contributed by atoms with Gasteiger partial charge < -0.3 is 10.6 Å². The Bertz CT molecular complexity index is 422. The molecule has 1 saturated carbocycles. The summed E-state index contributed by atoms with van der Waals surface area (Å²) in [7, 11) is 0. The van der Waals surface area contributed by atoms with Gasteiger partial charge in [-0.25, -0.2) is 4.98 Å². The molecule has 1 amide bonds. The first-order valence-electron chi connectivity index (χ1n) is 7.69. The van der Waals surface area contributed by atoms with Crippen molar-refractivity contribution in [3.05, 3.63) is 23.9 Å². The molecule has 1 aliphatic rings. The molecule has 0 radical (unpaired) electrons. The zero-order valence-corrected chi connectivity index (χ0v) is 12.5. The molecule has 20 heavy (non-hydrogen) atoms. The molecule has 110 valence electrons. The van der Waals surface area contributed by atoms with Crippen LogP contribution in [0.25, 0.3) is 0 Å². The summed E-state index contributed by atoms with van der Waals surface area (Å²) in [6.07, 6.45) is 7.32. The zero-order chi connectivity index (χ0) is 14.4. The van der Waals surface area contributed by atoms with Crippen molar-refractivity contribution in [2.45, 2.75) is 52.0 Å². The Balaban J connectivity index is 1.85. The number of anilines is 1. The number of amides is 1. The van der Waals surface area contributed by atoms with Crippen LogP contribution < -0.4 is 10.6 Å². The Hall–Kier alpha value is -1.58. The lowest BCUT2D eigenvalue weighted by molar-refractivity contribution is 0.0922. The summed E-state index contributed by atoms with van der Waals surface area (Å²) in [5, 5.41) is 6.32. The Labute approximate surface area is 121 Å². The van der Waals surface area contributed by atoms with Gasteiger partial charge in [0.25, 0.3) is 5.91 Å². The number of rotatable bonds is 5. The lowest BCUT2D eigenvalue weighted by Crippen LogP contribution is -2.37. The SMILES string of the molecule is CCCNc1ccc(C(=O)NC2CCC(C)CC2)cn1. The van der Waals surface area contributed by atoms with Crippen molar-refractivity contribution >= 4 is 11.7 Å². The standard InChI is InChI=1S/C16H25N3O/c1-3-10-17-15-9-6-13(11-18-15)16(20)19-14-7-4-12(2)5-8-14/h6,9,11-12,14H,3-5,7-8,10H2,1-2H3,(H,17,18)(H,19,20). The molecular formula is C16H25N3O. The number of hydrogen-bond acceptors (Lipinski definition) is 3. The van der Waals surface area contributed by atoms with E-state index in [1.54, 1.807) is 6.20 Å². The zero-order valence-electron chi connectivity index (χ0n) is 12.5. The number of nitrogens with one attached hydrogen (secondary N) is 2. The van der Waals surface area contributed by atoms with E-state index in [1.807, 2.05) is 12.1 Å². The van der Waals surface area contributed by atoms with Crippen LogP contribution in [0, 0.1) is 5.92 Å². The normalized spacial score (nSPS) is 22.3. The summed E-state index contributed by atoms with van der Waals surface area (Å²) in [6.45, 7) is 5.29. The number of nitrogens with zero attached hydrogens (tertiary/aromatic N) is 1. The molecule has 1 aromatic rings. The van der Waals surface area contributed by atoms with Crippen LogP contribution in [0.2, 0.25) is 0 Å². The number of hydrogen-bond donors (Lipinski definition) is 2. The fraction of sp³-hybridized carbons (Fsp3) is 0.625. The van der Waals surface area contributed by atoms with Crippen LogP contribution in [-0.2, 0) is 0 Å². The fourth-order valence-electron chi connectivity index (χ4n) is 2.56. The first kappa shape index (κ1) is 14.8. The maximum Gasteiger partial charge on any atom is 0.253 e. The third kappa shape index (κ3) is 4.22. The summed E-state index contributed by atoms with van der Waals surface area (Å²) < 4.78 is 0. The Morgan fingerprint density at radius 2 is 2.05 bits per heavy atom. The topological polar surface area (TPSA) is 54.0 Å². The van der Waals surface area contributed by atoms with Gasteiger partial charge in [-0.3, -0.25) is 4.79 Å². The quantitative estimate of drug-likeness (QED) is 0.867. The highest BCUT2D eigenvalue weighted by atomic mass is 16.1. The molecule has 2 N–H and O–H groups in total. The summed E-state index contributed by atoms with van der Waals surface area (Å²) in [6, 6.07) is 4.04. The van der Waals surface area contributed by atoms with E-state index in [1.165, 1.54) is 12.8 Å². The second-order valence-corrected chi connectivity index (χ2v) is 5.79. The smallest absolute Gasteiger partial charge is 0.253 e. The highest BCUT2D eigenvalue weighted by Crippen LogP contribution is 2.23. The second-order valence-electron chi connectivity index (χ2n) is 5.79. The highest BCUT2D eigenvalue weighted by Gasteiger charge is 2.20. The predicted octanol–water partition coefficient (Wildman–Crippen LogP) is 3.21. The van der Waals surface area contributed by atoms with Gasteiger partial charge in [0.05, 0.1) is 5.56 Å². The molecule has 4 heteroatoms. The van der Waals surface area contributed by atoms with Gasteiger partial charge in [-0.1, -0.05) is 13.8 Å². The second kappa shape index (κ2) is 7.27. The monoisotopic (exact) mass is 275 g/mol. The van der Waals surface area contributed by atoms with Gasteiger partial charge in [-0.2, -0.15) is 0 Å². The number of pyridine rings is 1. The van der Waals surface area contributed by atoms with E-state index in [2.05, 4.69) is 29.5 Å². The van der Waals surface area contributed by atoms with Crippen molar-refractivity contribution in [3.63, 3.8) is 0 Å². The average Bonchev–Trinajstić information content (AvgIpc) is 2.48. The van der Waals surface area contributed by atoms with Gasteiger partial charge >= 0.3 is 0 Å². The minimum atomic E-state index is -0.000838. The lowest BCUT2D eigenvalue weighted by atomic mass is 9.87. The first-order valence-corrected chi connectivity index (χ1v) is 7.69. The van der Waals surface area contributed by atoms with Crippen LogP contribution in [0.15, 0.2) is 18.3 Å². The molecule has 1 heterocycles. The van der Waals surface area contributed by atoms with E-state index in [9.17, 15) is 4.79 Å². The molecule has 1 fully saturated rings. The van der Waals surface area contributed by atoms with Crippen LogP contribution in [0.1, 0.15) is 56.3 Å². The van der Waals surface area contributed by atoms with E-state index < -0.39 is 0 Å². The molecule has 1 aliphatic carbocycles. The van der Waals surface area contributed by atoms with E-state index in [0.717, 1.165) is 37.5 Å². The predicted molar refractivity (Wildman–Crippen MR) is 81.9 cm³/mol. The van der Waals surface area contributed by atoms with Gasteiger partial charge in [-0.05, 0) is 50.2 Å². The highest BCUT2D eigenvalue weighted by molar-refractivity contribution is 5.94. The largest absolute Gasteiger partial charge is 0.370 e. The van der Waals surface area contributed by atoms with Gasteiger partial charge in [0, 0.05) is 18.8 Å². The first-order chi connectivity index (χ1) is 9.69. The van der Waals surface area contributed by atoms with Crippen molar-refractivity contribution in [3.8, 4) is 0 Å². The van der Waals surface area contributed by atoms with Crippen molar-refractivity contribution < 1.29 is 4.79 Å². The summed E-state index contributed by atoms with van der Waals surface area (Å²) in [4.78, 5) is 16.4. The van der Waals surface area contributed by atoms with Crippen molar-refractivity contribution in [2.75, 3.05) is 11.9 Å². The molecule has 0 aromatic carbocycles. The molecule has 0 unspecified atom stereocenters. The molecule has 0 spiro atoms. The Kier molecular flexibility index (Phi) is 5.39. The minimum absolute atomic E-state index is 0.000838. The molecular weight excluding hydrogens is 250 g/mol. The molecule has 4 nitrogen and oxygen atoms in total. The number of carbonyl (C=O) groups is 1. The summed E-state index contributed by atoms with van der Waals surface area (Å²) in [5.74, 6) is 1.63. The minimum Gasteiger partial charge on any atom is -0.370 e. The van der Waals surface area contributed by atoms with Crippen LogP contribution in [0.4, 0.5) is 5.82 Å². The van der Waals surface area contributed by atoms with Gasteiger partial charge in [0.2, 0.25) is 0 Å². The third-order valence-electron chi connectivity index (χ3n) is 3.93. The number of carbonyl (C=O) groups excluding carboxylic acids is 1. The molecule has 0 bridgehead atoms. The van der Waals surface area contributed by atoms with Crippen LogP contribution in [0.3, 0.4) is 0 Å². The van der Waals surface area contributed by atoms with Gasteiger partial charge in [-0.15, -0.1) is 0 Å². The van der Waals surface area contributed by atoms with E-state index in [4.69, 9.17) is 0 Å². The van der Waals surface area contributed by atoms with Crippen molar-refractivity contribution in [1.29, 1.82) is 0 Å². The maximum atomic E-state index is 12.1.